The molecule has 2 aromatic rings. The van der Waals surface area contributed by atoms with Crippen molar-refractivity contribution in [1.29, 1.82) is 0 Å². The predicted molar refractivity (Wildman–Crippen MR) is 82.3 cm³/mol. The van der Waals surface area contributed by atoms with Gasteiger partial charge in [-0.3, -0.25) is 4.79 Å². The first-order valence-electron chi connectivity index (χ1n) is 6.34. The van der Waals surface area contributed by atoms with E-state index in [2.05, 4.69) is 10.3 Å². The van der Waals surface area contributed by atoms with E-state index in [4.69, 9.17) is 0 Å². The second-order valence-corrected chi connectivity index (χ2v) is 6.59. The first kappa shape index (κ1) is 16.9. The Morgan fingerprint density at radius 3 is 2.91 bits per heavy atom. The van der Waals surface area contributed by atoms with E-state index in [-0.39, 0.29) is 28.9 Å². The van der Waals surface area contributed by atoms with Crippen molar-refractivity contribution in [2.45, 2.75) is 23.3 Å². The van der Waals surface area contributed by atoms with Gasteiger partial charge in [0.05, 0.1) is 12.1 Å². The van der Waals surface area contributed by atoms with Crippen LogP contribution in [-0.4, -0.2) is 28.3 Å². The zero-order valence-electron chi connectivity index (χ0n) is 11.6. The Balaban J connectivity index is 2.07. The van der Waals surface area contributed by atoms with Gasteiger partial charge in [-0.2, -0.15) is 8.78 Å². The Bertz CT molecular complexity index is 634. The number of amides is 1. The molecule has 2 heterocycles. The van der Waals surface area contributed by atoms with Crippen molar-refractivity contribution in [3.8, 4) is 0 Å². The zero-order chi connectivity index (χ0) is 16.2. The van der Waals surface area contributed by atoms with Crippen LogP contribution in [0.25, 0.3) is 0 Å². The van der Waals surface area contributed by atoms with Crippen LogP contribution in [0.2, 0.25) is 0 Å². The van der Waals surface area contributed by atoms with Crippen molar-refractivity contribution in [2.24, 2.45) is 0 Å². The topological polar surface area (TPSA) is 62.2 Å². The van der Waals surface area contributed by atoms with Gasteiger partial charge in [0.15, 0.2) is 0 Å². The molecule has 8 heteroatoms. The first-order chi connectivity index (χ1) is 10.4. The maximum absolute atomic E-state index is 12.5. The molecule has 0 aromatic carbocycles. The summed E-state index contributed by atoms with van der Waals surface area (Å²) >= 11 is 1.59. The summed E-state index contributed by atoms with van der Waals surface area (Å²) in [5, 5.41) is 14.7. The Morgan fingerprint density at radius 2 is 2.27 bits per heavy atom. The van der Waals surface area contributed by atoms with Crippen LogP contribution in [0.1, 0.15) is 22.2 Å². The van der Waals surface area contributed by atoms with E-state index in [0.717, 1.165) is 0 Å². The van der Waals surface area contributed by atoms with Gasteiger partial charge in [0.1, 0.15) is 10.6 Å². The summed E-state index contributed by atoms with van der Waals surface area (Å²) in [5.74, 6) is -3.20. The van der Waals surface area contributed by atoms with Crippen molar-refractivity contribution in [2.75, 3.05) is 6.54 Å². The van der Waals surface area contributed by atoms with Crippen molar-refractivity contribution >= 4 is 29.0 Å². The minimum Gasteiger partial charge on any atom is -0.383 e. The lowest BCUT2D eigenvalue weighted by molar-refractivity contribution is 0.0555. The molecule has 4 nitrogen and oxygen atoms in total. The zero-order valence-corrected chi connectivity index (χ0v) is 13.3. The number of thiophene rings is 1. The lowest BCUT2D eigenvalue weighted by Gasteiger charge is -2.22. The number of aromatic nitrogens is 1. The molecule has 1 atom stereocenters. The molecule has 2 N–H and O–H groups in total. The van der Waals surface area contributed by atoms with Gasteiger partial charge in [-0.25, -0.2) is 4.98 Å². The fourth-order valence-corrected chi connectivity index (χ4v) is 3.13. The molecular weight excluding hydrogens is 330 g/mol. The molecule has 1 amide bonds. The molecule has 118 valence electrons. The van der Waals surface area contributed by atoms with Crippen molar-refractivity contribution in [3.63, 3.8) is 0 Å². The summed E-state index contributed by atoms with van der Waals surface area (Å²) in [7, 11) is 0. The van der Waals surface area contributed by atoms with E-state index >= 15 is 0 Å². The van der Waals surface area contributed by atoms with Crippen molar-refractivity contribution < 1.29 is 18.7 Å². The van der Waals surface area contributed by atoms with Gasteiger partial charge in [0, 0.05) is 11.1 Å². The number of hydrogen-bond donors (Lipinski definition) is 2. The SMILES string of the molecule is CC(O)(CNC(=O)c1cccnc1SC(F)F)c1cccs1. The fraction of sp³-hybridized carbons (Fsp3) is 0.286. The van der Waals surface area contributed by atoms with Crippen LogP contribution in [0.5, 0.6) is 0 Å². The van der Waals surface area contributed by atoms with E-state index in [1.54, 1.807) is 19.1 Å². The number of alkyl halides is 2. The molecule has 22 heavy (non-hydrogen) atoms. The molecule has 0 radical (unpaired) electrons. The van der Waals surface area contributed by atoms with Gasteiger partial charge < -0.3 is 10.4 Å². The summed E-state index contributed by atoms with van der Waals surface area (Å²) in [4.78, 5) is 16.7. The van der Waals surface area contributed by atoms with E-state index in [0.29, 0.717) is 4.88 Å². The third-order valence-corrected chi connectivity index (χ3v) is 4.71. The van der Waals surface area contributed by atoms with Gasteiger partial charge in [-0.05, 0) is 42.3 Å². The number of halogens is 2. The second kappa shape index (κ2) is 7.17. The lowest BCUT2D eigenvalue weighted by Crippen LogP contribution is -2.38. The smallest absolute Gasteiger partial charge is 0.290 e. The maximum atomic E-state index is 12.5. The highest BCUT2D eigenvalue weighted by atomic mass is 32.2. The summed E-state index contributed by atoms with van der Waals surface area (Å²) < 4.78 is 25.0. The van der Waals surface area contributed by atoms with Gasteiger partial charge in [0.2, 0.25) is 0 Å². The maximum Gasteiger partial charge on any atom is 0.290 e. The Kier molecular flexibility index (Phi) is 5.49. The number of carbonyl (C=O) groups excluding carboxylic acids is 1. The highest BCUT2D eigenvalue weighted by Crippen LogP contribution is 2.27. The molecule has 0 fully saturated rings. The summed E-state index contributed by atoms with van der Waals surface area (Å²) in [5.41, 5.74) is -1.16. The summed E-state index contributed by atoms with van der Waals surface area (Å²) in [6, 6.07) is 6.49. The molecule has 0 bridgehead atoms. The first-order valence-corrected chi connectivity index (χ1v) is 8.10. The number of carbonyl (C=O) groups is 1. The average Bonchev–Trinajstić information content (AvgIpc) is 3.00. The normalized spacial score (nSPS) is 13.9. The van der Waals surface area contributed by atoms with E-state index in [1.165, 1.54) is 29.7 Å². The van der Waals surface area contributed by atoms with Gasteiger partial charge in [-0.1, -0.05) is 6.07 Å². The summed E-state index contributed by atoms with van der Waals surface area (Å²) in [6.45, 7) is 1.55. The molecule has 0 spiro atoms. The predicted octanol–water partition coefficient (Wildman–Crippen LogP) is 3.10. The molecule has 0 aliphatic heterocycles. The Morgan fingerprint density at radius 1 is 1.50 bits per heavy atom. The van der Waals surface area contributed by atoms with Crippen LogP contribution in [0.15, 0.2) is 40.9 Å². The molecule has 1 unspecified atom stereocenters. The number of pyridine rings is 1. The van der Waals surface area contributed by atoms with Crippen LogP contribution in [0, 0.1) is 0 Å². The van der Waals surface area contributed by atoms with Crippen LogP contribution < -0.4 is 5.32 Å². The van der Waals surface area contributed by atoms with Gasteiger partial charge in [0.25, 0.3) is 11.7 Å². The molecule has 0 saturated carbocycles. The standard InChI is InChI=1S/C14H14F2N2O2S2/c1-14(20,10-5-3-7-21-10)8-18-11(19)9-4-2-6-17-12(9)22-13(15)16/h2-7,13,20H,8H2,1H3,(H,18,19). The van der Waals surface area contributed by atoms with E-state index in [1.807, 2.05) is 5.38 Å². The Labute approximate surface area is 134 Å². The lowest BCUT2D eigenvalue weighted by atomic mass is 10.1. The van der Waals surface area contributed by atoms with Crippen LogP contribution in [0.3, 0.4) is 0 Å². The quantitative estimate of drug-likeness (QED) is 0.791. The molecule has 2 aromatic heterocycles. The van der Waals surface area contributed by atoms with Crippen LogP contribution in [0.4, 0.5) is 8.78 Å². The minimum atomic E-state index is -2.66. The molecule has 2 rings (SSSR count). The number of thioether (sulfide) groups is 1. The third-order valence-electron chi connectivity index (χ3n) is 2.86. The van der Waals surface area contributed by atoms with Crippen LogP contribution in [-0.2, 0) is 5.60 Å². The van der Waals surface area contributed by atoms with Crippen molar-refractivity contribution in [3.05, 3.63) is 46.3 Å². The molecule has 0 aliphatic carbocycles. The van der Waals surface area contributed by atoms with Crippen molar-refractivity contribution in [1.82, 2.24) is 10.3 Å². The minimum absolute atomic E-state index is 0.0278. The monoisotopic (exact) mass is 344 g/mol. The Hall–Kier alpha value is -1.51. The average molecular weight is 344 g/mol. The number of rotatable bonds is 6. The number of nitrogens with zero attached hydrogens (tertiary/aromatic N) is 1. The number of hydrogen-bond acceptors (Lipinski definition) is 5. The molecule has 0 aliphatic rings. The molecule has 0 saturated heterocycles. The summed E-state index contributed by atoms with van der Waals surface area (Å²) in [6.07, 6.45) is 1.35. The fourth-order valence-electron chi connectivity index (χ4n) is 1.76. The van der Waals surface area contributed by atoms with E-state index < -0.39 is 17.3 Å². The number of aliphatic hydroxyl groups is 1. The second-order valence-electron chi connectivity index (χ2n) is 4.67. The van der Waals surface area contributed by atoms with Gasteiger partial charge >= 0.3 is 0 Å². The number of nitrogens with one attached hydrogen (secondary N) is 1. The van der Waals surface area contributed by atoms with Crippen LogP contribution >= 0.6 is 23.1 Å². The largest absolute Gasteiger partial charge is 0.383 e. The molecular formula is C14H14F2N2O2S2. The third kappa shape index (κ3) is 4.25. The van der Waals surface area contributed by atoms with E-state index in [9.17, 15) is 18.7 Å². The highest BCUT2D eigenvalue weighted by molar-refractivity contribution is 7.99. The van der Waals surface area contributed by atoms with Gasteiger partial charge in [-0.15, -0.1) is 11.3 Å². The highest BCUT2D eigenvalue weighted by Gasteiger charge is 2.26.